The van der Waals surface area contributed by atoms with Crippen molar-refractivity contribution in [1.29, 1.82) is 0 Å². The van der Waals surface area contributed by atoms with Gasteiger partial charge in [0.2, 0.25) is 21.8 Å². The molecule has 0 heterocycles. The van der Waals surface area contributed by atoms with Gasteiger partial charge in [-0.25, -0.2) is 8.42 Å². The van der Waals surface area contributed by atoms with E-state index in [2.05, 4.69) is 5.32 Å². The summed E-state index contributed by atoms with van der Waals surface area (Å²) in [6.45, 7) is 5.48. The van der Waals surface area contributed by atoms with Crippen LogP contribution in [0.3, 0.4) is 0 Å². The topological polar surface area (TPSA) is 105 Å². The third-order valence-electron chi connectivity index (χ3n) is 5.43. The van der Waals surface area contributed by atoms with Crippen molar-refractivity contribution in [1.82, 2.24) is 10.2 Å². The van der Waals surface area contributed by atoms with Crippen molar-refractivity contribution in [2.45, 2.75) is 33.4 Å². The van der Waals surface area contributed by atoms with E-state index in [-0.39, 0.29) is 29.8 Å². The molecule has 198 valence electrons. The van der Waals surface area contributed by atoms with Gasteiger partial charge >= 0.3 is 0 Å². The van der Waals surface area contributed by atoms with Crippen LogP contribution in [0, 0.1) is 5.92 Å². The highest BCUT2D eigenvalue weighted by molar-refractivity contribution is 7.92. The SMILES string of the molecule is COc1ccc(OC)c(N(CC(=O)N(Cc2cccc(Cl)c2)C(C)C(=O)NCC(C)C)S(C)(=O)=O)c1. The summed E-state index contributed by atoms with van der Waals surface area (Å²) in [5, 5.41) is 3.32. The lowest BCUT2D eigenvalue weighted by molar-refractivity contribution is -0.139. The van der Waals surface area contributed by atoms with Crippen LogP contribution in [0.4, 0.5) is 5.69 Å². The molecule has 0 saturated heterocycles. The van der Waals surface area contributed by atoms with Gasteiger partial charge in [-0.3, -0.25) is 13.9 Å². The zero-order valence-electron chi connectivity index (χ0n) is 21.4. The Hall–Kier alpha value is -2.98. The fraction of sp³-hybridized carbons (Fsp3) is 0.440. The molecule has 36 heavy (non-hydrogen) atoms. The van der Waals surface area contributed by atoms with Gasteiger partial charge in [-0.1, -0.05) is 37.6 Å². The van der Waals surface area contributed by atoms with E-state index in [9.17, 15) is 18.0 Å². The number of methoxy groups -OCH3 is 2. The number of halogens is 1. The maximum atomic E-state index is 13.6. The van der Waals surface area contributed by atoms with Crippen molar-refractivity contribution in [2.75, 3.05) is 37.9 Å². The van der Waals surface area contributed by atoms with Gasteiger partial charge in [-0.15, -0.1) is 0 Å². The highest BCUT2D eigenvalue weighted by Crippen LogP contribution is 2.34. The van der Waals surface area contributed by atoms with E-state index in [0.29, 0.717) is 22.9 Å². The van der Waals surface area contributed by atoms with Gasteiger partial charge in [-0.05, 0) is 42.7 Å². The minimum Gasteiger partial charge on any atom is -0.497 e. The van der Waals surface area contributed by atoms with E-state index in [1.807, 2.05) is 13.8 Å². The molecule has 1 N–H and O–H groups in total. The zero-order chi connectivity index (χ0) is 27.0. The van der Waals surface area contributed by atoms with Gasteiger partial charge in [0, 0.05) is 24.2 Å². The summed E-state index contributed by atoms with van der Waals surface area (Å²) in [6.07, 6.45) is 0.999. The molecule has 1 atom stereocenters. The first-order valence-corrected chi connectivity index (χ1v) is 13.6. The summed E-state index contributed by atoms with van der Waals surface area (Å²) in [6, 6.07) is 10.7. The van der Waals surface area contributed by atoms with Gasteiger partial charge in [0.05, 0.1) is 26.2 Å². The van der Waals surface area contributed by atoms with Gasteiger partial charge < -0.3 is 19.7 Å². The number of anilines is 1. The molecule has 2 aromatic rings. The highest BCUT2D eigenvalue weighted by atomic mass is 35.5. The second kappa shape index (κ2) is 12.8. The van der Waals surface area contributed by atoms with Crippen LogP contribution in [0.5, 0.6) is 11.5 Å². The monoisotopic (exact) mass is 539 g/mol. The minimum atomic E-state index is -3.92. The molecule has 2 amide bonds. The Morgan fingerprint density at radius 2 is 1.75 bits per heavy atom. The lowest BCUT2D eigenvalue weighted by Crippen LogP contribution is -2.51. The predicted octanol–water partition coefficient (Wildman–Crippen LogP) is 3.31. The van der Waals surface area contributed by atoms with Crippen LogP contribution in [-0.2, 0) is 26.2 Å². The van der Waals surface area contributed by atoms with Gasteiger partial charge in [0.1, 0.15) is 24.1 Å². The second-order valence-corrected chi connectivity index (χ2v) is 11.1. The number of rotatable bonds is 12. The molecule has 9 nitrogen and oxygen atoms in total. The third kappa shape index (κ3) is 8.03. The van der Waals surface area contributed by atoms with Crippen LogP contribution in [0.15, 0.2) is 42.5 Å². The van der Waals surface area contributed by atoms with E-state index >= 15 is 0 Å². The highest BCUT2D eigenvalue weighted by Gasteiger charge is 2.31. The Labute approximate surface area is 218 Å². The van der Waals surface area contributed by atoms with Crippen LogP contribution < -0.4 is 19.1 Å². The summed E-state index contributed by atoms with van der Waals surface area (Å²) in [5.74, 6) is -0.0526. The first-order chi connectivity index (χ1) is 16.9. The van der Waals surface area contributed by atoms with E-state index in [0.717, 1.165) is 10.6 Å². The molecular formula is C25H34ClN3O6S. The van der Waals surface area contributed by atoms with E-state index in [4.69, 9.17) is 21.1 Å². The molecule has 2 rings (SSSR count). The molecule has 0 saturated carbocycles. The Balaban J connectivity index is 2.46. The lowest BCUT2D eigenvalue weighted by Gasteiger charge is -2.32. The van der Waals surface area contributed by atoms with E-state index in [1.165, 1.54) is 25.2 Å². The number of sulfonamides is 1. The zero-order valence-corrected chi connectivity index (χ0v) is 23.0. The van der Waals surface area contributed by atoms with Crippen LogP contribution >= 0.6 is 11.6 Å². The molecule has 0 radical (unpaired) electrons. The Bertz CT molecular complexity index is 1170. The molecule has 2 aromatic carbocycles. The maximum Gasteiger partial charge on any atom is 0.244 e. The third-order valence-corrected chi connectivity index (χ3v) is 6.79. The Kier molecular flexibility index (Phi) is 10.4. The van der Waals surface area contributed by atoms with Crippen LogP contribution in [0.1, 0.15) is 26.3 Å². The number of nitrogens with zero attached hydrogens (tertiary/aromatic N) is 2. The molecule has 0 aromatic heterocycles. The molecule has 0 aliphatic rings. The molecule has 0 aliphatic carbocycles. The quantitative estimate of drug-likeness (QED) is 0.443. The summed E-state index contributed by atoms with van der Waals surface area (Å²) in [7, 11) is -1.07. The molecule has 11 heteroatoms. The number of carbonyl (C=O) groups excluding carboxylic acids is 2. The molecule has 1 unspecified atom stereocenters. The molecular weight excluding hydrogens is 506 g/mol. The van der Waals surface area contributed by atoms with Crippen molar-refractivity contribution in [3.05, 3.63) is 53.1 Å². The number of benzene rings is 2. The number of hydrogen-bond donors (Lipinski definition) is 1. The normalized spacial score (nSPS) is 12.1. The Morgan fingerprint density at radius 3 is 2.31 bits per heavy atom. The molecule has 0 fully saturated rings. The summed E-state index contributed by atoms with van der Waals surface area (Å²) in [5.41, 5.74) is 0.844. The van der Waals surface area contributed by atoms with Gasteiger partial charge in [-0.2, -0.15) is 0 Å². The largest absolute Gasteiger partial charge is 0.497 e. The minimum absolute atomic E-state index is 0.0580. The Morgan fingerprint density at radius 1 is 1.06 bits per heavy atom. The van der Waals surface area contributed by atoms with E-state index in [1.54, 1.807) is 43.3 Å². The first kappa shape index (κ1) is 29.3. The second-order valence-electron chi connectivity index (χ2n) is 8.77. The number of ether oxygens (including phenoxy) is 2. The van der Waals surface area contributed by atoms with Crippen molar-refractivity contribution >= 4 is 39.1 Å². The fourth-order valence-electron chi connectivity index (χ4n) is 3.45. The van der Waals surface area contributed by atoms with Crippen LogP contribution in [0.25, 0.3) is 0 Å². The van der Waals surface area contributed by atoms with Crippen LogP contribution in [-0.4, -0.2) is 64.7 Å². The number of hydrogen-bond acceptors (Lipinski definition) is 6. The predicted molar refractivity (Wildman–Crippen MR) is 141 cm³/mol. The average Bonchev–Trinajstić information content (AvgIpc) is 2.82. The van der Waals surface area contributed by atoms with Crippen molar-refractivity contribution in [3.8, 4) is 11.5 Å². The molecule has 0 spiro atoms. The van der Waals surface area contributed by atoms with E-state index < -0.39 is 28.5 Å². The maximum absolute atomic E-state index is 13.6. The number of carbonyl (C=O) groups is 2. The van der Waals surface area contributed by atoms with Crippen molar-refractivity contribution in [2.24, 2.45) is 5.92 Å². The summed E-state index contributed by atoms with van der Waals surface area (Å²) in [4.78, 5) is 27.9. The smallest absolute Gasteiger partial charge is 0.244 e. The standard InChI is InChI=1S/C25H34ClN3O6S/c1-17(2)14-27-25(31)18(3)28(15-19-8-7-9-20(26)12-19)24(30)16-29(36(6,32)33)22-13-21(34-4)10-11-23(22)35-5/h7-13,17-18H,14-16H2,1-6H3,(H,27,31). The summed E-state index contributed by atoms with van der Waals surface area (Å²) >= 11 is 6.12. The average molecular weight is 540 g/mol. The molecule has 0 bridgehead atoms. The first-order valence-electron chi connectivity index (χ1n) is 11.4. The van der Waals surface area contributed by atoms with Crippen molar-refractivity contribution < 1.29 is 27.5 Å². The van der Waals surface area contributed by atoms with Crippen LogP contribution in [0.2, 0.25) is 5.02 Å². The molecule has 0 aliphatic heterocycles. The van der Waals surface area contributed by atoms with Crippen molar-refractivity contribution in [3.63, 3.8) is 0 Å². The van der Waals surface area contributed by atoms with Gasteiger partial charge in [0.25, 0.3) is 0 Å². The lowest BCUT2D eigenvalue weighted by atomic mass is 10.1. The number of nitrogens with one attached hydrogen (secondary N) is 1. The summed E-state index contributed by atoms with van der Waals surface area (Å²) < 4.78 is 37.1. The fourth-order valence-corrected chi connectivity index (χ4v) is 4.51. The number of amides is 2. The van der Waals surface area contributed by atoms with Gasteiger partial charge in [0.15, 0.2) is 0 Å².